The van der Waals surface area contributed by atoms with E-state index in [0.717, 1.165) is 15.8 Å². The minimum absolute atomic E-state index is 0.137. The lowest BCUT2D eigenvalue weighted by atomic mass is 10.0. The van der Waals surface area contributed by atoms with Gasteiger partial charge in [-0.1, -0.05) is 15.9 Å². The number of aliphatic carboxylic acids is 1. The van der Waals surface area contributed by atoms with Gasteiger partial charge in [0, 0.05) is 22.6 Å². The molecule has 0 bridgehead atoms. The quantitative estimate of drug-likeness (QED) is 0.874. The molecule has 0 radical (unpaired) electrons. The summed E-state index contributed by atoms with van der Waals surface area (Å²) in [6.07, 6.45) is 2.32. The molecule has 3 rings (SSSR count). The van der Waals surface area contributed by atoms with Crippen LogP contribution in [0.15, 0.2) is 28.2 Å². The van der Waals surface area contributed by atoms with Gasteiger partial charge in [-0.05, 0) is 37.6 Å². The number of carbonyl (C=O) groups excluding carboxylic acids is 1. The van der Waals surface area contributed by atoms with Crippen molar-refractivity contribution in [3.05, 3.63) is 33.8 Å². The van der Waals surface area contributed by atoms with E-state index in [4.69, 9.17) is 4.74 Å². The molecule has 2 heterocycles. The summed E-state index contributed by atoms with van der Waals surface area (Å²) in [4.78, 5) is 25.5. The zero-order valence-electron chi connectivity index (χ0n) is 12.1. The van der Waals surface area contributed by atoms with Gasteiger partial charge < -0.3 is 14.7 Å². The number of fused-ring (bicyclic) bond motifs is 1. The van der Waals surface area contributed by atoms with Gasteiger partial charge in [0.05, 0.1) is 11.5 Å². The second-order valence-electron chi connectivity index (χ2n) is 5.61. The van der Waals surface area contributed by atoms with E-state index in [2.05, 4.69) is 15.9 Å². The van der Waals surface area contributed by atoms with E-state index in [1.165, 1.54) is 0 Å². The molecule has 22 heavy (non-hydrogen) atoms. The summed E-state index contributed by atoms with van der Waals surface area (Å²) in [7, 11) is 0. The monoisotopic (exact) mass is 365 g/mol. The lowest BCUT2D eigenvalue weighted by Gasteiger charge is -2.26. The molecule has 2 atom stereocenters. The number of ether oxygens (including phenoxy) is 1. The molecule has 2 unspecified atom stereocenters. The fourth-order valence-corrected chi connectivity index (χ4v) is 3.39. The van der Waals surface area contributed by atoms with Crippen LogP contribution in [0.1, 0.15) is 18.9 Å². The van der Waals surface area contributed by atoms with Gasteiger partial charge in [0.2, 0.25) is 0 Å². The van der Waals surface area contributed by atoms with Gasteiger partial charge >= 0.3 is 5.97 Å². The van der Waals surface area contributed by atoms with E-state index in [1.807, 2.05) is 24.3 Å². The number of nitrogens with zero attached hydrogens (tertiary/aromatic N) is 1. The molecule has 1 aromatic rings. The number of amides is 1. The lowest BCUT2D eigenvalue weighted by molar-refractivity contribution is -0.142. The fraction of sp³-hybridized carbons (Fsp3) is 0.375. The number of carboxylic acids is 1. The molecular formula is C16H16BrNO4. The van der Waals surface area contributed by atoms with Crippen molar-refractivity contribution in [3.63, 3.8) is 0 Å². The third kappa shape index (κ3) is 2.63. The molecule has 2 aliphatic rings. The molecule has 1 saturated heterocycles. The Kier molecular flexibility index (Phi) is 3.95. The lowest BCUT2D eigenvalue weighted by Crippen LogP contribution is -2.39. The van der Waals surface area contributed by atoms with Crippen molar-refractivity contribution in [2.45, 2.75) is 19.4 Å². The minimum atomic E-state index is -0.842. The van der Waals surface area contributed by atoms with Gasteiger partial charge in [-0.3, -0.25) is 9.59 Å². The van der Waals surface area contributed by atoms with Crippen LogP contribution in [-0.2, 0) is 9.59 Å². The number of likely N-dealkylation sites (tertiary alicyclic amines) is 1. The molecule has 0 aromatic heterocycles. The number of halogens is 1. The summed E-state index contributed by atoms with van der Waals surface area (Å²) >= 11 is 3.40. The molecule has 5 nitrogen and oxygen atoms in total. The molecule has 2 aliphatic heterocycles. The van der Waals surface area contributed by atoms with Crippen molar-refractivity contribution in [1.82, 2.24) is 4.90 Å². The Labute approximate surface area is 136 Å². The van der Waals surface area contributed by atoms with E-state index in [9.17, 15) is 14.7 Å². The maximum atomic E-state index is 12.6. The summed E-state index contributed by atoms with van der Waals surface area (Å²) in [5, 5.41) is 9.17. The Bertz CT molecular complexity index is 670. The van der Waals surface area contributed by atoms with Crippen LogP contribution in [0, 0.1) is 5.92 Å². The standard InChI is InChI=1S/C16H16BrNO4/c1-9-13(16(20)21)4-5-18(9)15(19)11-6-10-7-12(17)2-3-14(10)22-8-11/h2-3,6-7,9,13H,4-5,8H2,1H3,(H,20,21). The maximum Gasteiger partial charge on any atom is 0.308 e. The number of hydrogen-bond acceptors (Lipinski definition) is 3. The largest absolute Gasteiger partial charge is 0.488 e. The number of carbonyl (C=O) groups is 2. The molecule has 6 heteroatoms. The SMILES string of the molecule is CC1C(C(=O)O)CCN1C(=O)C1=Cc2cc(Br)ccc2OC1. The fourth-order valence-electron chi connectivity index (χ4n) is 3.01. The van der Waals surface area contributed by atoms with Crippen LogP contribution < -0.4 is 4.74 Å². The second kappa shape index (κ2) is 5.76. The van der Waals surface area contributed by atoms with Crippen molar-refractivity contribution in [1.29, 1.82) is 0 Å². The van der Waals surface area contributed by atoms with Crippen LogP contribution >= 0.6 is 15.9 Å². The maximum absolute atomic E-state index is 12.6. The van der Waals surface area contributed by atoms with Crippen LogP contribution in [-0.4, -0.2) is 41.1 Å². The van der Waals surface area contributed by atoms with Gasteiger partial charge in [0.25, 0.3) is 5.91 Å². The van der Waals surface area contributed by atoms with E-state index in [1.54, 1.807) is 11.8 Å². The molecular weight excluding hydrogens is 350 g/mol. The zero-order chi connectivity index (χ0) is 15.9. The second-order valence-corrected chi connectivity index (χ2v) is 6.53. The van der Waals surface area contributed by atoms with Gasteiger partial charge in [-0.25, -0.2) is 0 Å². The Morgan fingerprint density at radius 1 is 1.41 bits per heavy atom. The van der Waals surface area contributed by atoms with Crippen LogP contribution in [0.2, 0.25) is 0 Å². The van der Waals surface area contributed by atoms with E-state index < -0.39 is 11.9 Å². The normalized spacial score (nSPS) is 23.5. The molecule has 0 saturated carbocycles. The summed E-state index contributed by atoms with van der Waals surface area (Å²) in [5.41, 5.74) is 1.41. The average Bonchev–Trinajstić information content (AvgIpc) is 2.87. The average molecular weight is 366 g/mol. The van der Waals surface area contributed by atoms with Crippen molar-refractivity contribution >= 4 is 33.9 Å². The van der Waals surface area contributed by atoms with Gasteiger partial charge in [0.1, 0.15) is 12.4 Å². The summed E-state index contributed by atoms with van der Waals surface area (Å²) in [5.74, 6) is -0.721. The number of benzene rings is 1. The molecule has 1 fully saturated rings. The van der Waals surface area contributed by atoms with Gasteiger partial charge in [-0.15, -0.1) is 0 Å². The molecule has 116 valence electrons. The topological polar surface area (TPSA) is 66.8 Å². The first-order valence-corrected chi connectivity index (χ1v) is 7.93. The van der Waals surface area contributed by atoms with Crippen LogP contribution in [0.25, 0.3) is 6.08 Å². The first kappa shape index (κ1) is 15.1. The van der Waals surface area contributed by atoms with E-state index in [0.29, 0.717) is 18.5 Å². The first-order valence-electron chi connectivity index (χ1n) is 7.14. The summed E-state index contributed by atoms with van der Waals surface area (Å²) in [6, 6.07) is 5.35. The number of hydrogen-bond donors (Lipinski definition) is 1. The molecule has 1 N–H and O–H groups in total. The molecule has 1 aromatic carbocycles. The van der Waals surface area contributed by atoms with Crippen molar-refractivity contribution in [2.24, 2.45) is 5.92 Å². The Balaban J connectivity index is 1.83. The third-order valence-corrected chi connectivity index (χ3v) is 4.79. The smallest absolute Gasteiger partial charge is 0.308 e. The highest BCUT2D eigenvalue weighted by atomic mass is 79.9. The Morgan fingerprint density at radius 3 is 2.86 bits per heavy atom. The third-order valence-electron chi connectivity index (χ3n) is 4.29. The Hall–Kier alpha value is -1.82. The highest BCUT2D eigenvalue weighted by molar-refractivity contribution is 9.10. The summed E-state index contributed by atoms with van der Waals surface area (Å²) < 4.78 is 6.55. The molecule has 0 spiro atoms. The summed E-state index contributed by atoms with van der Waals surface area (Å²) in [6.45, 7) is 2.48. The van der Waals surface area contributed by atoms with Crippen molar-refractivity contribution in [2.75, 3.05) is 13.2 Å². The van der Waals surface area contributed by atoms with Gasteiger partial charge in [0.15, 0.2) is 0 Å². The number of rotatable bonds is 2. The molecule has 1 amide bonds. The predicted octanol–water partition coefficient (Wildman–Crippen LogP) is 2.55. The first-order chi connectivity index (χ1) is 10.5. The van der Waals surface area contributed by atoms with Crippen LogP contribution in [0.5, 0.6) is 5.75 Å². The van der Waals surface area contributed by atoms with Crippen LogP contribution in [0.3, 0.4) is 0 Å². The highest BCUT2D eigenvalue weighted by Gasteiger charge is 2.39. The van der Waals surface area contributed by atoms with Gasteiger partial charge in [-0.2, -0.15) is 0 Å². The zero-order valence-corrected chi connectivity index (χ0v) is 13.7. The highest BCUT2D eigenvalue weighted by Crippen LogP contribution is 2.31. The van der Waals surface area contributed by atoms with Crippen molar-refractivity contribution in [3.8, 4) is 5.75 Å². The van der Waals surface area contributed by atoms with Crippen molar-refractivity contribution < 1.29 is 19.4 Å². The predicted molar refractivity (Wildman–Crippen MR) is 84.5 cm³/mol. The number of carboxylic acid groups (broad SMARTS) is 1. The molecule has 0 aliphatic carbocycles. The van der Waals surface area contributed by atoms with E-state index in [-0.39, 0.29) is 18.6 Å². The Morgan fingerprint density at radius 2 is 2.18 bits per heavy atom. The van der Waals surface area contributed by atoms with Crippen LogP contribution in [0.4, 0.5) is 0 Å². The minimum Gasteiger partial charge on any atom is -0.488 e. The van der Waals surface area contributed by atoms with E-state index >= 15 is 0 Å².